The first kappa shape index (κ1) is 19.6. The van der Waals surface area contributed by atoms with Crippen molar-refractivity contribution in [1.29, 1.82) is 0 Å². The Kier molecular flexibility index (Phi) is 6.08. The Hall–Kier alpha value is -3.16. The number of nitrogens with zero attached hydrogens (tertiary/aromatic N) is 3. The van der Waals surface area contributed by atoms with Gasteiger partial charge in [-0.15, -0.1) is 0 Å². The van der Waals surface area contributed by atoms with Crippen LogP contribution >= 0.6 is 0 Å². The van der Waals surface area contributed by atoms with E-state index in [9.17, 15) is 14.7 Å². The number of piperidine rings is 1. The van der Waals surface area contributed by atoms with Crippen LogP contribution < -0.4 is 15.0 Å². The van der Waals surface area contributed by atoms with Crippen LogP contribution in [0.4, 0.5) is 5.95 Å². The Bertz CT molecular complexity index is 863. The van der Waals surface area contributed by atoms with Crippen molar-refractivity contribution in [3.05, 3.63) is 36.0 Å². The molecule has 0 radical (unpaired) electrons. The van der Waals surface area contributed by atoms with Crippen LogP contribution in [0.1, 0.15) is 37.0 Å². The number of carbonyl (C=O) groups excluding carboxylic acids is 1. The van der Waals surface area contributed by atoms with Crippen molar-refractivity contribution < 1.29 is 19.4 Å². The molecule has 0 aliphatic carbocycles. The first-order valence-corrected chi connectivity index (χ1v) is 9.33. The van der Waals surface area contributed by atoms with Gasteiger partial charge in [0.15, 0.2) is 0 Å². The van der Waals surface area contributed by atoms with Gasteiger partial charge in [-0.25, -0.2) is 14.8 Å². The van der Waals surface area contributed by atoms with Crippen LogP contribution in [0.2, 0.25) is 0 Å². The largest absolute Gasteiger partial charge is 0.493 e. The van der Waals surface area contributed by atoms with E-state index < -0.39 is 5.97 Å². The average molecular weight is 384 g/mol. The van der Waals surface area contributed by atoms with Gasteiger partial charge in [0.05, 0.1) is 12.3 Å². The standard InChI is InChI=1S/C20H24N4O4/c1-3-28-18-5-4-14(12-16(18)19(26)27)17-6-9-21-20(23-17)24-10-7-15(8-11-24)22-13(2)25/h4-6,9,12,15H,3,7-8,10-11H2,1-2H3,(H,22,25)(H,26,27). The summed E-state index contributed by atoms with van der Waals surface area (Å²) in [5, 5.41) is 12.4. The van der Waals surface area contributed by atoms with E-state index in [0.29, 0.717) is 29.6 Å². The molecular formula is C20H24N4O4. The maximum atomic E-state index is 11.6. The lowest BCUT2D eigenvalue weighted by molar-refractivity contribution is -0.119. The Morgan fingerprint density at radius 1 is 1.29 bits per heavy atom. The molecule has 1 aliphatic heterocycles. The van der Waals surface area contributed by atoms with Gasteiger partial charge in [-0.05, 0) is 44.0 Å². The Balaban J connectivity index is 1.79. The van der Waals surface area contributed by atoms with E-state index in [1.165, 1.54) is 6.92 Å². The number of aromatic carboxylic acids is 1. The first-order valence-electron chi connectivity index (χ1n) is 9.33. The van der Waals surface area contributed by atoms with Gasteiger partial charge < -0.3 is 20.1 Å². The predicted molar refractivity (Wildman–Crippen MR) is 105 cm³/mol. The fraction of sp³-hybridized carbons (Fsp3) is 0.400. The molecule has 0 saturated carbocycles. The van der Waals surface area contributed by atoms with E-state index in [0.717, 1.165) is 25.9 Å². The van der Waals surface area contributed by atoms with Crippen LogP contribution in [0.15, 0.2) is 30.5 Å². The number of benzene rings is 1. The summed E-state index contributed by atoms with van der Waals surface area (Å²) in [5.74, 6) is -0.112. The van der Waals surface area contributed by atoms with Gasteiger partial charge in [-0.3, -0.25) is 4.79 Å². The van der Waals surface area contributed by atoms with Gasteiger partial charge >= 0.3 is 5.97 Å². The second kappa shape index (κ2) is 8.69. The SMILES string of the molecule is CCOc1ccc(-c2ccnc(N3CCC(NC(C)=O)CC3)n2)cc1C(=O)O. The summed E-state index contributed by atoms with van der Waals surface area (Å²) < 4.78 is 5.39. The van der Waals surface area contributed by atoms with Gasteiger partial charge in [0.25, 0.3) is 0 Å². The molecule has 1 aromatic carbocycles. The fourth-order valence-electron chi connectivity index (χ4n) is 3.31. The third-order valence-electron chi connectivity index (χ3n) is 4.63. The zero-order chi connectivity index (χ0) is 20.1. The van der Waals surface area contributed by atoms with E-state index in [2.05, 4.69) is 20.2 Å². The Labute approximate surface area is 163 Å². The normalized spacial score (nSPS) is 14.6. The van der Waals surface area contributed by atoms with E-state index >= 15 is 0 Å². The lowest BCUT2D eigenvalue weighted by Crippen LogP contribution is -2.44. The van der Waals surface area contributed by atoms with E-state index in [1.807, 2.05) is 6.92 Å². The number of amides is 1. The van der Waals surface area contributed by atoms with Crippen molar-refractivity contribution in [2.45, 2.75) is 32.7 Å². The number of rotatable bonds is 6. The molecule has 1 amide bonds. The molecule has 0 atom stereocenters. The number of carboxylic acid groups (broad SMARTS) is 1. The average Bonchev–Trinajstić information content (AvgIpc) is 2.68. The number of anilines is 1. The molecule has 3 rings (SSSR count). The molecule has 2 N–H and O–H groups in total. The number of hydrogen-bond acceptors (Lipinski definition) is 6. The van der Waals surface area contributed by atoms with Crippen LogP contribution in [0.25, 0.3) is 11.3 Å². The van der Waals surface area contributed by atoms with Gasteiger partial charge in [0, 0.05) is 37.8 Å². The maximum absolute atomic E-state index is 11.6. The molecule has 1 aromatic heterocycles. The highest BCUT2D eigenvalue weighted by atomic mass is 16.5. The third-order valence-corrected chi connectivity index (χ3v) is 4.63. The Morgan fingerprint density at radius 2 is 2.04 bits per heavy atom. The number of carbonyl (C=O) groups is 2. The minimum atomic E-state index is -1.04. The number of hydrogen-bond donors (Lipinski definition) is 2. The topological polar surface area (TPSA) is 105 Å². The molecule has 1 saturated heterocycles. The lowest BCUT2D eigenvalue weighted by Gasteiger charge is -2.32. The number of nitrogens with one attached hydrogen (secondary N) is 1. The van der Waals surface area contributed by atoms with Crippen molar-refractivity contribution in [2.75, 3.05) is 24.6 Å². The van der Waals surface area contributed by atoms with Crippen molar-refractivity contribution in [2.24, 2.45) is 0 Å². The minimum absolute atomic E-state index is 0.0126. The van der Waals surface area contributed by atoms with Gasteiger partial charge in [0.1, 0.15) is 11.3 Å². The van der Waals surface area contributed by atoms with Crippen molar-refractivity contribution in [1.82, 2.24) is 15.3 Å². The van der Waals surface area contributed by atoms with Crippen LogP contribution in [-0.2, 0) is 4.79 Å². The smallest absolute Gasteiger partial charge is 0.339 e. The molecule has 2 aromatic rings. The van der Waals surface area contributed by atoms with Crippen LogP contribution in [0.5, 0.6) is 5.75 Å². The molecule has 0 spiro atoms. The van der Waals surface area contributed by atoms with E-state index in [-0.39, 0.29) is 17.5 Å². The highest BCUT2D eigenvalue weighted by molar-refractivity contribution is 5.92. The molecule has 2 heterocycles. The summed E-state index contributed by atoms with van der Waals surface area (Å²) >= 11 is 0. The highest BCUT2D eigenvalue weighted by Gasteiger charge is 2.22. The maximum Gasteiger partial charge on any atom is 0.339 e. The second-order valence-electron chi connectivity index (χ2n) is 6.65. The molecule has 8 nitrogen and oxygen atoms in total. The fourth-order valence-corrected chi connectivity index (χ4v) is 3.31. The third kappa shape index (κ3) is 4.57. The van der Waals surface area contributed by atoms with Crippen molar-refractivity contribution in [3.63, 3.8) is 0 Å². The van der Waals surface area contributed by atoms with Gasteiger partial charge in [-0.1, -0.05) is 0 Å². The molecule has 8 heteroatoms. The monoisotopic (exact) mass is 384 g/mol. The Morgan fingerprint density at radius 3 is 2.68 bits per heavy atom. The predicted octanol–water partition coefficient (Wildman–Crippen LogP) is 2.35. The summed E-state index contributed by atoms with van der Waals surface area (Å²) in [6, 6.07) is 6.97. The molecule has 1 fully saturated rings. The number of carboxylic acids is 1. The number of aromatic nitrogens is 2. The highest BCUT2D eigenvalue weighted by Crippen LogP contribution is 2.27. The summed E-state index contributed by atoms with van der Waals surface area (Å²) in [6.45, 7) is 5.23. The van der Waals surface area contributed by atoms with E-state index in [4.69, 9.17) is 4.74 Å². The van der Waals surface area contributed by atoms with Gasteiger partial charge in [-0.2, -0.15) is 0 Å². The molecule has 1 aliphatic rings. The second-order valence-corrected chi connectivity index (χ2v) is 6.65. The quantitative estimate of drug-likeness (QED) is 0.788. The van der Waals surface area contributed by atoms with E-state index in [1.54, 1.807) is 30.5 Å². The summed E-state index contributed by atoms with van der Waals surface area (Å²) in [5.41, 5.74) is 1.45. The first-order chi connectivity index (χ1) is 13.5. The lowest BCUT2D eigenvalue weighted by atomic mass is 10.1. The molecule has 0 unspecified atom stereocenters. The molecular weight excluding hydrogens is 360 g/mol. The zero-order valence-corrected chi connectivity index (χ0v) is 16.0. The molecule has 148 valence electrons. The van der Waals surface area contributed by atoms with Crippen LogP contribution in [0, 0.1) is 0 Å². The summed E-state index contributed by atoms with van der Waals surface area (Å²) in [7, 11) is 0. The summed E-state index contributed by atoms with van der Waals surface area (Å²) in [6.07, 6.45) is 3.34. The van der Waals surface area contributed by atoms with Crippen molar-refractivity contribution >= 4 is 17.8 Å². The van der Waals surface area contributed by atoms with Gasteiger partial charge in [0.2, 0.25) is 11.9 Å². The number of ether oxygens (including phenoxy) is 1. The summed E-state index contributed by atoms with van der Waals surface area (Å²) in [4.78, 5) is 33.8. The molecule has 0 bridgehead atoms. The van der Waals surface area contributed by atoms with Crippen LogP contribution in [-0.4, -0.2) is 52.7 Å². The zero-order valence-electron chi connectivity index (χ0n) is 16.0. The minimum Gasteiger partial charge on any atom is -0.493 e. The molecule has 28 heavy (non-hydrogen) atoms. The van der Waals surface area contributed by atoms with Crippen molar-refractivity contribution in [3.8, 4) is 17.0 Å². The van der Waals surface area contributed by atoms with Crippen LogP contribution in [0.3, 0.4) is 0 Å².